The zero-order valence-corrected chi connectivity index (χ0v) is 34.5. The van der Waals surface area contributed by atoms with Crippen LogP contribution in [0.15, 0.2) is 22.8 Å². The molecule has 1 aliphatic rings. The van der Waals surface area contributed by atoms with Gasteiger partial charge in [0, 0.05) is 12.0 Å². The van der Waals surface area contributed by atoms with Crippen molar-refractivity contribution in [3.05, 3.63) is 24.2 Å². The monoisotopic (exact) mass is 764 g/mol. The molecule has 0 saturated heterocycles. The van der Waals surface area contributed by atoms with E-state index in [0.29, 0.717) is 47.4 Å². The van der Waals surface area contributed by atoms with Crippen LogP contribution in [0.1, 0.15) is 134 Å². The molecule has 9 nitrogen and oxygen atoms in total. The van der Waals surface area contributed by atoms with Gasteiger partial charge in [-0.3, -0.25) is 0 Å². The van der Waals surface area contributed by atoms with Gasteiger partial charge in [0.2, 0.25) is 0 Å². The second-order valence-electron chi connectivity index (χ2n) is 14.5. The van der Waals surface area contributed by atoms with E-state index in [9.17, 15) is 33.7 Å². The van der Waals surface area contributed by atoms with Crippen LogP contribution in [0.25, 0.3) is 0 Å². The molecule has 48 heavy (non-hydrogen) atoms. The first-order valence-electron chi connectivity index (χ1n) is 17.2. The third-order valence-electron chi connectivity index (χ3n) is 7.72. The Labute approximate surface area is 297 Å². The Morgan fingerprint density at radius 1 is 0.688 bits per heavy atom. The summed E-state index contributed by atoms with van der Waals surface area (Å²) in [7, 11) is -11.3. The SMILES string of the molecule is C.CC(C)CC(C)S(C)(=O)=O.CC(C)CCS(=O)(=O)C1CCCC1.CC(C)CCS(=O)(=O)Cc1ccco1.CCS(=O)(=O)CCC(C)C. The molecule has 0 aromatic carbocycles. The largest absolute Gasteiger partial charge is 0.468 e. The van der Waals surface area contributed by atoms with E-state index in [1.165, 1.54) is 12.5 Å². The van der Waals surface area contributed by atoms with Crippen LogP contribution in [0.3, 0.4) is 0 Å². The van der Waals surface area contributed by atoms with E-state index < -0.39 is 39.3 Å². The molecule has 2 rings (SSSR count). The van der Waals surface area contributed by atoms with Crippen LogP contribution in [-0.4, -0.2) is 73.4 Å². The molecule has 1 saturated carbocycles. The lowest BCUT2D eigenvalue weighted by atomic mass is 10.1. The van der Waals surface area contributed by atoms with Crippen molar-refractivity contribution < 1.29 is 38.1 Å². The van der Waals surface area contributed by atoms with Gasteiger partial charge in [-0.25, -0.2) is 33.7 Å². The standard InChI is InChI=1S/C10H16O3S.C10H20O2S.2C7H16O2S.CH4/c1-9(2)5-7-14(11,12)8-10-4-3-6-13-10;1-9(2)7-8-13(11,12)10-5-3-4-6-10;1-6(2)5-7(3)10(4,8)9;1-4-10(8,9)6-5-7(2)3;/h3-4,6,9H,5,7-8H2,1-2H3;9-10H,3-8H2,1-2H3;6-7H,5H2,1-4H3;7H,4-6H2,1-3H3;1H4. The summed E-state index contributed by atoms with van der Waals surface area (Å²) in [4.78, 5) is 0. The third-order valence-corrected chi connectivity index (χ3v) is 15.0. The first-order valence-corrected chi connectivity index (χ1v) is 24.5. The maximum Gasteiger partial charge on any atom is 0.157 e. The summed E-state index contributed by atoms with van der Waals surface area (Å²) < 4.78 is 95.1. The van der Waals surface area contributed by atoms with E-state index in [2.05, 4.69) is 13.8 Å². The van der Waals surface area contributed by atoms with Crippen molar-refractivity contribution in [1.82, 2.24) is 0 Å². The smallest absolute Gasteiger partial charge is 0.157 e. The van der Waals surface area contributed by atoms with E-state index in [-0.39, 0.29) is 35.2 Å². The number of furan rings is 1. The fourth-order valence-corrected chi connectivity index (χ4v) is 9.92. The maximum atomic E-state index is 11.7. The van der Waals surface area contributed by atoms with Crippen LogP contribution < -0.4 is 0 Å². The Kier molecular flexibility index (Phi) is 26.9. The van der Waals surface area contributed by atoms with Gasteiger partial charge in [0.15, 0.2) is 19.7 Å². The highest BCUT2D eigenvalue weighted by molar-refractivity contribution is 7.92. The van der Waals surface area contributed by atoms with Crippen LogP contribution in [0, 0.1) is 23.7 Å². The molecule has 0 aliphatic heterocycles. The molecule has 0 spiro atoms. The zero-order chi connectivity index (χ0) is 37.1. The predicted molar refractivity (Wildman–Crippen MR) is 205 cm³/mol. The molecule has 290 valence electrons. The van der Waals surface area contributed by atoms with Gasteiger partial charge in [-0.1, -0.05) is 82.6 Å². The third kappa shape index (κ3) is 28.9. The average Bonchev–Trinajstić information content (AvgIpc) is 3.65. The Morgan fingerprint density at radius 3 is 1.46 bits per heavy atom. The van der Waals surface area contributed by atoms with Crippen molar-refractivity contribution in [2.75, 3.05) is 29.3 Å². The van der Waals surface area contributed by atoms with Crippen molar-refractivity contribution >= 4 is 39.3 Å². The van der Waals surface area contributed by atoms with E-state index in [1.54, 1.807) is 26.0 Å². The van der Waals surface area contributed by atoms with Gasteiger partial charge in [-0.2, -0.15) is 0 Å². The van der Waals surface area contributed by atoms with E-state index >= 15 is 0 Å². The van der Waals surface area contributed by atoms with Gasteiger partial charge in [-0.05, 0) is 81.3 Å². The van der Waals surface area contributed by atoms with Crippen molar-refractivity contribution in [2.24, 2.45) is 23.7 Å². The van der Waals surface area contributed by atoms with Gasteiger partial charge in [0.25, 0.3) is 0 Å². The quantitative estimate of drug-likeness (QED) is 0.162. The summed E-state index contributed by atoms with van der Waals surface area (Å²) in [6.07, 6.45) is 9.88. The molecule has 1 fully saturated rings. The summed E-state index contributed by atoms with van der Waals surface area (Å²) in [5.74, 6) is 3.67. The zero-order valence-electron chi connectivity index (χ0n) is 31.2. The fraction of sp³-hybridized carbons (Fsp3) is 0.886. The summed E-state index contributed by atoms with van der Waals surface area (Å²) in [5.41, 5.74) is 0. The number of sulfone groups is 4. The summed E-state index contributed by atoms with van der Waals surface area (Å²) in [6, 6.07) is 3.39. The topological polar surface area (TPSA) is 150 Å². The lowest BCUT2D eigenvalue weighted by Gasteiger charge is -2.11. The van der Waals surface area contributed by atoms with Crippen LogP contribution in [0.2, 0.25) is 0 Å². The molecule has 0 radical (unpaired) electrons. The molecule has 1 unspecified atom stereocenters. The maximum absolute atomic E-state index is 11.7. The number of hydrogen-bond acceptors (Lipinski definition) is 9. The molecule has 1 aliphatic carbocycles. The second-order valence-corrected chi connectivity index (χ2v) is 24.0. The molecular formula is C35H72O9S4. The van der Waals surface area contributed by atoms with Crippen LogP contribution in [0.4, 0.5) is 0 Å². The summed E-state index contributed by atoms with van der Waals surface area (Å²) >= 11 is 0. The minimum absolute atomic E-state index is 0. The number of rotatable bonds is 16. The van der Waals surface area contributed by atoms with Crippen molar-refractivity contribution in [3.63, 3.8) is 0 Å². The summed E-state index contributed by atoms with van der Waals surface area (Å²) in [5, 5.41) is -0.196. The Hall–Kier alpha value is -0.920. The predicted octanol–water partition coefficient (Wildman–Crippen LogP) is 8.20. The second kappa shape index (κ2) is 25.1. The first kappa shape index (κ1) is 51.4. The Morgan fingerprint density at radius 2 is 1.12 bits per heavy atom. The van der Waals surface area contributed by atoms with E-state index in [0.717, 1.165) is 44.9 Å². The van der Waals surface area contributed by atoms with Gasteiger partial charge in [0.05, 0.1) is 34.0 Å². The highest BCUT2D eigenvalue weighted by Crippen LogP contribution is 2.26. The molecule has 1 heterocycles. The minimum atomic E-state index is -2.99. The lowest BCUT2D eigenvalue weighted by molar-refractivity contribution is 0.518. The molecule has 13 heteroatoms. The number of hydrogen-bond donors (Lipinski definition) is 0. The molecule has 0 N–H and O–H groups in total. The molecule has 0 amide bonds. The normalized spacial score (nSPS) is 14.8. The Bertz CT molecular complexity index is 1340. The molecule has 1 aromatic heterocycles. The lowest BCUT2D eigenvalue weighted by Crippen LogP contribution is -2.21. The highest BCUT2D eigenvalue weighted by atomic mass is 32.2. The first-order chi connectivity index (χ1) is 21.3. The van der Waals surface area contributed by atoms with Crippen molar-refractivity contribution in [2.45, 2.75) is 144 Å². The average molecular weight is 765 g/mol. The highest BCUT2D eigenvalue weighted by Gasteiger charge is 2.28. The molecule has 0 bridgehead atoms. The van der Waals surface area contributed by atoms with Crippen molar-refractivity contribution in [1.29, 1.82) is 0 Å². The van der Waals surface area contributed by atoms with Gasteiger partial charge in [-0.15, -0.1) is 0 Å². The van der Waals surface area contributed by atoms with Gasteiger partial charge >= 0.3 is 0 Å². The van der Waals surface area contributed by atoms with Crippen LogP contribution >= 0.6 is 0 Å². The molecule has 1 aromatic rings. The molecule has 1 atom stereocenters. The van der Waals surface area contributed by atoms with Gasteiger partial charge in [0.1, 0.15) is 31.2 Å². The van der Waals surface area contributed by atoms with Crippen LogP contribution in [-0.2, 0) is 45.1 Å². The fourth-order valence-electron chi connectivity index (χ4n) is 4.31. The summed E-state index contributed by atoms with van der Waals surface area (Å²) in [6.45, 7) is 19.8. The minimum Gasteiger partial charge on any atom is -0.468 e. The van der Waals surface area contributed by atoms with E-state index in [1.807, 2.05) is 41.5 Å². The van der Waals surface area contributed by atoms with Gasteiger partial charge < -0.3 is 4.42 Å². The van der Waals surface area contributed by atoms with Crippen molar-refractivity contribution in [3.8, 4) is 0 Å². The Balaban J connectivity index is -0.000000566. The molecular weight excluding hydrogens is 693 g/mol. The van der Waals surface area contributed by atoms with Crippen LogP contribution in [0.5, 0.6) is 0 Å². The van der Waals surface area contributed by atoms with E-state index in [4.69, 9.17) is 4.42 Å².